The molecule has 4 heteroatoms. The molecule has 4 nitrogen and oxygen atoms in total. The van der Waals surface area contributed by atoms with E-state index in [-0.39, 0.29) is 0 Å². The molecule has 1 N–H and O–H groups in total. The molecule has 1 aromatic heterocycles. The van der Waals surface area contributed by atoms with E-state index in [0.717, 1.165) is 16.9 Å². The minimum absolute atomic E-state index is 0.509. The Bertz CT molecular complexity index is 772. The van der Waals surface area contributed by atoms with Crippen LogP contribution in [-0.4, -0.2) is 4.98 Å². The highest BCUT2D eigenvalue weighted by atomic mass is 16.3. The predicted molar refractivity (Wildman–Crippen MR) is 80.4 cm³/mol. The molecule has 3 aromatic rings. The predicted octanol–water partition coefficient (Wildman–Crippen LogP) is 3.83. The fourth-order valence-electron chi connectivity index (χ4n) is 2.02. The monoisotopic (exact) mass is 275 g/mol. The Hall–Kier alpha value is -3.06. The van der Waals surface area contributed by atoms with Gasteiger partial charge in [0.05, 0.1) is 23.5 Å². The minimum atomic E-state index is 0.509. The number of oxazole rings is 1. The zero-order chi connectivity index (χ0) is 14.5. The first-order valence-electron chi connectivity index (χ1n) is 6.59. The highest BCUT2D eigenvalue weighted by Crippen LogP contribution is 2.19. The van der Waals surface area contributed by atoms with Gasteiger partial charge in [-0.15, -0.1) is 0 Å². The Labute approximate surface area is 122 Å². The Morgan fingerprint density at radius 1 is 1.05 bits per heavy atom. The van der Waals surface area contributed by atoms with Crippen molar-refractivity contribution in [2.24, 2.45) is 0 Å². The molecule has 0 aliphatic heterocycles. The molecule has 0 amide bonds. The SMILES string of the molecule is N#Cc1ccccc1NCc1coc(-c2ccccc2)n1. The standard InChI is InChI=1S/C17H13N3O/c18-10-14-8-4-5-9-16(14)19-11-15-12-21-17(20-15)13-6-2-1-3-7-13/h1-9,12,19H,11H2. The van der Waals surface area contributed by atoms with Crippen LogP contribution in [0.15, 0.2) is 65.3 Å². The van der Waals surface area contributed by atoms with E-state index < -0.39 is 0 Å². The number of nitrogens with one attached hydrogen (secondary N) is 1. The van der Waals surface area contributed by atoms with Gasteiger partial charge in [-0.05, 0) is 24.3 Å². The number of anilines is 1. The van der Waals surface area contributed by atoms with Crippen molar-refractivity contribution >= 4 is 5.69 Å². The van der Waals surface area contributed by atoms with Gasteiger partial charge in [-0.1, -0.05) is 30.3 Å². The highest BCUT2D eigenvalue weighted by Gasteiger charge is 2.07. The zero-order valence-electron chi connectivity index (χ0n) is 11.3. The van der Waals surface area contributed by atoms with Crippen LogP contribution in [0.2, 0.25) is 0 Å². The van der Waals surface area contributed by atoms with Crippen LogP contribution in [0.1, 0.15) is 11.3 Å². The van der Waals surface area contributed by atoms with Gasteiger partial charge >= 0.3 is 0 Å². The zero-order valence-corrected chi connectivity index (χ0v) is 11.3. The first kappa shape index (κ1) is 12.9. The van der Waals surface area contributed by atoms with Gasteiger partial charge in [0, 0.05) is 5.56 Å². The molecule has 0 unspecified atom stereocenters. The van der Waals surface area contributed by atoms with E-state index in [9.17, 15) is 0 Å². The molecular formula is C17H13N3O. The van der Waals surface area contributed by atoms with E-state index in [1.165, 1.54) is 0 Å². The lowest BCUT2D eigenvalue weighted by Crippen LogP contribution is -2.01. The second-order valence-corrected chi connectivity index (χ2v) is 4.52. The summed E-state index contributed by atoms with van der Waals surface area (Å²) < 4.78 is 5.48. The lowest BCUT2D eigenvalue weighted by Gasteiger charge is -2.05. The number of aromatic nitrogens is 1. The average Bonchev–Trinajstić information content (AvgIpc) is 3.03. The summed E-state index contributed by atoms with van der Waals surface area (Å²) in [4.78, 5) is 4.44. The van der Waals surface area contributed by atoms with Gasteiger partial charge in [0.1, 0.15) is 12.3 Å². The largest absolute Gasteiger partial charge is 0.444 e. The van der Waals surface area contributed by atoms with Crippen LogP contribution < -0.4 is 5.32 Å². The summed E-state index contributed by atoms with van der Waals surface area (Å²) in [5.74, 6) is 0.598. The Kier molecular flexibility index (Phi) is 3.66. The third-order valence-electron chi connectivity index (χ3n) is 3.08. The minimum Gasteiger partial charge on any atom is -0.444 e. The van der Waals surface area contributed by atoms with Crippen molar-refractivity contribution < 1.29 is 4.42 Å². The summed E-state index contributed by atoms with van der Waals surface area (Å²) in [6, 6.07) is 19.3. The summed E-state index contributed by atoms with van der Waals surface area (Å²) in [7, 11) is 0. The van der Waals surface area contributed by atoms with Crippen LogP contribution in [0.3, 0.4) is 0 Å². The molecule has 0 bridgehead atoms. The number of rotatable bonds is 4. The maximum atomic E-state index is 9.04. The number of hydrogen-bond acceptors (Lipinski definition) is 4. The topological polar surface area (TPSA) is 61.9 Å². The van der Waals surface area contributed by atoms with Gasteiger partial charge in [0.25, 0.3) is 0 Å². The third kappa shape index (κ3) is 2.93. The molecule has 0 aliphatic carbocycles. The fourth-order valence-corrected chi connectivity index (χ4v) is 2.02. The molecule has 0 saturated carbocycles. The van der Waals surface area contributed by atoms with Gasteiger partial charge in [-0.25, -0.2) is 4.98 Å². The first-order chi connectivity index (χ1) is 10.4. The molecule has 102 valence electrons. The molecule has 1 heterocycles. The number of nitrogens with zero attached hydrogens (tertiary/aromatic N) is 2. The molecule has 0 radical (unpaired) electrons. The van der Waals surface area contributed by atoms with Gasteiger partial charge in [-0.3, -0.25) is 0 Å². The summed E-state index contributed by atoms with van der Waals surface area (Å²) in [6.07, 6.45) is 1.63. The van der Waals surface area contributed by atoms with Gasteiger partial charge in [0.15, 0.2) is 0 Å². The van der Waals surface area contributed by atoms with E-state index in [0.29, 0.717) is 18.0 Å². The number of para-hydroxylation sites is 1. The van der Waals surface area contributed by atoms with Crippen LogP contribution in [0, 0.1) is 11.3 Å². The molecule has 0 atom stereocenters. The molecule has 0 fully saturated rings. The summed E-state index contributed by atoms with van der Waals surface area (Å²) >= 11 is 0. The van der Waals surface area contributed by atoms with Crippen molar-refractivity contribution in [3.63, 3.8) is 0 Å². The summed E-state index contributed by atoms with van der Waals surface area (Å²) in [6.45, 7) is 0.509. The van der Waals surface area contributed by atoms with Crippen molar-refractivity contribution in [1.82, 2.24) is 4.98 Å². The quantitative estimate of drug-likeness (QED) is 0.786. The van der Waals surface area contributed by atoms with Crippen LogP contribution in [-0.2, 0) is 6.54 Å². The second-order valence-electron chi connectivity index (χ2n) is 4.52. The summed E-state index contributed by atoms with van der Waals surface area (Å²) in [5.41, 5.74) is 3.15. The smallest absolute Gasteiger partial charge is 0.226 e. The number of nitriles is 1. The molecule has 0 spiro atoms. The number of hydrogen-bond donors (Lipinski definition) is 1. The molecular weight excluding hydrogens is 262 g/mol. The van der Waals surface area contributed by atoms with E-state index in [1.54, 1.807) is 12.3 Å². The van der Waals surface area contributed by atoms with Gasteiger partial charge in [-0.2, -0.15) is 5.26 Å². The van der Waals surface area contributed by atoms with E-state index in [1.807, 2.05) is 48.5 Å². The fraction of sp³-hybridized carbons (Fsp3) is 0.0588. The number of benzene rings is 2. The van der Waals surface area contributed by atoms with Crippen LogP contribution in [0.25, 0.3) is 11.5 Å². The summed E-state index contributed by atoms with van der Waals surface area (Å²) in [5, 5.41) is 12.2. The van der Waals surface area contributed by atoms with Crippen LogP contribution >= 0.6 is 0 Å². The van der Waals surface area contributed by atoms with Crippen molar-refractivity contribution in [2.45, 2.75) is 6.54 Å². The van der Waals surface area contributed by atoms with E-state index >= 15 is 0 Å². The lowest BCUT2D eigenvalue weighted by molar-refractivity contribution is 0.573. The van der Waals surface area contributed by atoms with Gasteiger partial charge in [0.2, 0.25) is 5.89 Å². The highest BCUT2D eigenvalue weighted by molar-refractivity contribution is 5.57. The van der Waals surface area contributed by atoms with E-state index in [4.69, 9.17) is 9.68 Å². The molecule has 3 rings (SSSR count). The third-order valence-corrected chi connectivity index (χ3v) is 3.08. The Balaban J connectivity index is 1.72. The van der Waals surface area contributed by atoms with Crippen molar-refractivity contribution in [1.29, 1.82) is 5.26 Å². The molecule has 0 saturated heterocycles. The Morgan fingerprint density at radius 2 is 1.81 bits per heavy atom. The second kappa shape index (κ2) is 5.93. The van der Waals surface area contributed by atoms with Gasteiger partial charge < -0.3 is 9.73 Å². The van der Waals surface area contributed by atoms with E-state index in [2.05, 4.69) is 16.4 Å². The molecule has 2 aromatic carbocycles. The van der Waals surface area contributed by atoms with Crippen molar-refractivity contribution in [2.75, 3.05) is 5.32 Å². The van der Waals surface area contributed by atoms with Crippen LogP contribution in [0.5, 0.6) is 0 Å². The lowest BCUT2D eigenvalue weighted by atomic mass is 10.2. The first-order valence-corrected chi connectivity index (χ1v) is 6.59. The maximum Gasteiger partial charge on any atom is 0.226 e. The van der Waals surface area contributed by atoms with Crippen LogP contribution in [0.4, 0.5) is 5.69 Å². The van der Waals surface area contributed by atoms with Crippen molar-refractivity contribution in [3.05, 3.63) is 72.1 Å². The maximum absolute atomic E-state index is 9.04. The normalized spacial score (nSPS) is 10.0. The molecule has 21 heavy (non-hydrogen) atoms. The Morgan fingerprint density at radius 3 is 2.62 bits per heavy atom. The van der Waals surface area contributed by atoms with Crippen molar-refractivity contribution in [3.8, 4) is 17.5 Å². The average molecular weight is 275 g/mol. The molecule has 0 aliphatic rings.